The highest BCUT2D eigenvalue weighted by Gasteiger charge is 2.38. The molecule has 0 saturated carbocycles. The molecule has 0 N–H and O–H groups in total. The minimum absolute atomic E-state index is 0.178. The van der Waals surface area contributed by atoms with Crippen molar-refractivity contribution in [3.63, 3.8) is 0 Å². The molecule has 1 fully saturated rings. The molecule has 1 saturated heterocycles. The molecule has 3 aromatic rings. The largest absolute Gasteiger partial charge is 0.207 e. The van der Waals surface area contributed by atoms with E-state index < -0.39 is 8.07 Å². The van der Waals surface area contributed by atoms with E-state index in [0.717, 1.165) is 5.56 Å². The topological polar surface area (TPSA) is 0 Å². The normalized spacial score (nSPS) is 21.5. The molecule has 4 rings (SSSR count). The lowest BCUT2D eigenvalue weighted by Gasteiger charge is -2.39. The van der Waals surface area contributed by atoms with Crippen LogP contribution in [0.25, 0.3) is 11.1 Å². The maximum atomic E-state index is 13.2. The third-order valence-electron chi connectivity index (χ3n) is 7.15. The van der Waals surface area contributed by atoms with E-state index in [1.807, 2.05) is 12.1 Å². The van der Waals surface area contributed by atoms with E-state index in [2.05, 4.69) is 61.5 Å². The van der Waals surface area contributed by atoms with Crippen molar-refractivity contribution in [1.29, 1.82) is 0 Å². The summed E-state index contributed by atoms with van der Waals surface area (Å²) in [5.74, 6) is 0.505. The molecule has 0 unspecified atom stereocenters. The van der Waals surface area contributed by atoms with Crippen molar-refractivity contribution in [2.75, 3.05) is 0 Å². The molecule has 0 bridgehead atoms. The fourth-order valence-corrected chi connectivity index (χ4v) is 10.5. The van der Waals surface area contributed by atoms with Crippen LogP contribution < -0.4 is 5.19 Å². The van der Waals surface area contributed by atoms with E-state index >= 15 is 0 Å². The van der Waals surface area contributed by atoms with Crippen LogP contribution in [-0.2, 0) is 0 Å². The van der Waals surface area contributed by atoms with E-state index in [1.54, 1.807) is 5.19 Å². The standard InChI is InChI=1S/C28H33FSi/c1-2-3-7-20-30(28-8-5-4-6-9-28)21-18-26(19-22-30)24-12-10-23(11-13-24)25-14-16-27(29)17-15-25/h4-6,8-17,26H,2-3,7,18-22H2,1H3. The van der Waals surface area contributed by atoms with Crippen molar-refractivity contribution in [2.24, 2.45) is 0 Å². The molecule has 0 spiro atoms. The first kappa shape index (κ1) is 21.1. The second-order valence-electron chi connectivity index (χ2n) is 9.01. The molecule has 30 heavy (non-hydrogen) atoms. The second-order valence-corrected chi connectivity index (χ2v) is 13.6. The van der Waals surface area contributed by atoms with Crippen molar-refractivity contribution in [3.8, 4) is 11.1 Å². The van der Waals surface area contributed by atoms with Crippen LogP contribution >= 0.6 is 0 Å². The molecule has 0 aromatic heterocycles. The summed E-state index contributed by atoms with van der Waals surface area (Å²) in [7, 11) is -1.38. The van der Waals surface area contributed by atoms with Crippen molar-refractivity contribution >= 4 is 13.3 Å². The summed E-state index contributed by atoms with van der Waals surface area (Å²) in [6.45, 7) is 2.31. The first-order valence-corrected chi connectivity index (χ1v) is 14.2. The molecule has 156 valence electrons. The van der Waals surface area contributed by atoms with Gasteiger partial charge < -0.3 is 0 Å². The fourth-order valence-electron chi connectivity index (χ4n) is 5.28. The molecule has 0 aliphatic carbocycles. The van der Waals surface area contributed by atoms with Crippen molar-refractivity contribution in [1.82, 2.24) is 0 Å². The molecular formula is C28H33FSi. The van der Waals surface area contributed by atoms with Crippen LogP contribution in [0.2, 0.25) is 18.1 Å². The highest BCUT2D eigenvalue weighted by Crippen LogP contribution is 2.41. The van der Waals surface area contributed by atoms with Crippen molar-refractivity contribution in [3.05, 3.63) is 90.2 Å². The van der Waals surface area contributed by atoms with Gasteiger partial charge in [0.15, 0.2) is 0 Å². The van der Waals surface area contributed by atoms with Crippen LogP contribution in [0.5, 0.6) is 0 Å². The van der Waals surface area contributed by atoms with Crippen molar-refractivity contribution in [2.45, 2.75) is 63.1 Å². The van der Waals surface area contributed by atoms with E-state index in [9.17, 15) is 4.39 Å². The number of benzene rings is 3. The number of rotatable bonds is 7. The Kier molecular flexibility index (Phi) is 6.84. The Bertz CT molecular complexity index is 907. The van der Waals surface area contributed by atoms with Crippen molar-refractivity contribution < 1.29 is 4.39 Å². The van der Waals surface area contributed by atoms with Gasteiger partial charge >= 0.3 is 0 Å². The van der Waals surface area contributed by atoms with Gasteiger partial charge in [0.1, 0.15) is 5.82 Å². The maximum absolute atomic E-state index is 13.2. The summed E-state index contributed by atoms with van der Waals surface area (Å²) in [4.78, 5) is 0. The summed E-state index contributed by atoms with van der Waals surface area (Å²) >= 11 is 0. The number of hydrogen-bond acceptors (Lipinski definition) is 0. The quantitative estimate of drug-likeness (QED) is 0.271. The first-order valence-electron chi connectivity index (χ1n) is 11.6. The molecule has 3 aromatic carbocycles. The van der Waals surface area contributed by atoms with E-state index in [0.29, 0.717) is 5.92 Å². The van der Waals surface area contributed by atoms with Gasteiger partial charge in [-0.3, -0.25) is 0 Å². The Balaban J connectivity index is 1.46. The molecule has 0 amide bonds. The Hall–Kier alpha value is -2.19. The number of unbranched alkanes of at least 4 members (excludes halogenated alkanes) is 2. The SMILES string of the molecule is CCCCC[Si]1(c2ccccc2)CCC(c2ccc(-c3ccc(F)cc3)cc2)CC1. The zero-order chi connectivity index (χ0) is 20.8. The molecule has 1 aliphatic heterocycles. The average Bonchev–Trinajstić information content (AvgIpc) is 2.81. The molecule has 1 aliphatic rings. The van der Waals surface area contributed by atoms with E-state index in [4.69, 9.17) is 0 Å². The first-order chi connectivity index (χ1) is 14.7. The summed E-state index contributed by atoms with van der Waals surface area (Å²) in [5.41, 5.74) is 3.73. The molecule has 0 atom stereocenters. The number of halogens is 1. The molecule has 1 heterocycles. The van der Waals surface area contributed by atoms with Crippen LogP contribution in [0.3, 0.4) is 0 Å². The average molecular weight is 417 g/mol. The Labute approximate surface area is 182 Å². The van der Waals surface area contributed by atoms with Crippen LogP contribution in [0.1, 0.15) is 50.5 Å². The zero-order valence-electron chi connectivity index (χ0n) is 18.1. The minimum Gasteiger partial charge on any atom is -0.207 e. The lowest BCUT2D eigenvalue weighted by atomic mass is 9.92. The lowest BCUT2D eigenvalue weighted by Crippen LogP contribution is -2.49. The smallest absolute Gasteiger partial charge is 0.123 e. The Morgan fingerprint density at radius 2 is 1.37 bits per heavy atom. The summed E-state index contributed by atoms with van der Waals surface area (Å²) in [6.07, 6.45) is 6.72. The van der Waals surface area contributed by atoms with Gasteiger partial charge in [-0.05, 0) is 47.6 Å². The number of hydrogen-bond donors (Lipinski definition) is 0. The summed E-state index contributed by atoms with van der Waals surface area (Å²) in [5, 5.41) is 1.69. The van der Waals surface area contributed by atoms with Gasteiger partial charge in [-0.2, -0.15) is 0 Å². The summed E-state index contributed by atoms with van der Waals surface area (Å²) < 4.78 is 13.2. The van der Waals surface area contributed by atoms with Gasteiger partial charge in [0.25, 0.3) is 0 Å². The van der Waals surface area contributed by atoms with E-state index in [-0.39, 0.29) is 5.82 Å². The monoisotopic (exact) mass is 416 g/mol. The lowest BCUT2D eigenvalue weighted by molar-refractivity contribution is 0.597. The van der Waals surface area contributed by atoms with Crippen LogP contribution in [0.15, 0.2) is 78.9 Å². The molecule has 0 nitrogen and oxygen atoms in total. The van der Waals surface area contributed by atoms with Gasteiger partial charge in [0.05, 0.1) is 8.07 Å². The van der Waals surface area contributed by atoms with Gasteiger partial charge in [0.2, 0.25) is 0 Å². The third kappa shape index (κ3) is 4.75. The zero-order valence-corrected chi connectivity index (χ0v) is 19.1. The Morgan fingerprint density at radius 1 is 0.767 bits per heavy atom. The highest BCUT2D eigenvalue weighted by molar-refractivity contribution is 6.92. The maximum Gasteiger partial charge on any atom is 0.123 e. The fraction of sp³-hybridized carbons (Fsp3) is 0.357. The van der Waals surface area contributed by atoms with Crippen LogP contribution in [0, 0.1) is 5.82 Å². The van der Waals surface area contributed by atoms with Crippen LogP contribution in [0.4, 0.5) is 4.39 Å². The molecule has 0 radical (unpaired) electrons. The predicted octanol–water partition coefficient (Wildman–Crippen LogP) is 7.92. The summed E-state index contributed by atoms with van der Waals surface area (Å²) in [6, 6.07) is 31.6. The predicted molar refractivity (Wildman–Crippen MR) is 130 cm³/mol. The molecular weight excluding hydrogens is 383 g/mol. The highest BCUT2D eigenvalue weighted by atomic mass is 28.3. The van der Waals surface area contributed by atoms with Gasteiger partial charge in [-0.25, -0.2) is 4.39 Å². The van der Waals surface area contributed by atoms with Crippen LogP contribution in [-0.4, -0.2) is 8.07 Å². The molecule has 2 heteroatoms. The Morgan fingerprint density at radius 3 is 1.97 bits per heavy atom. The minimum atomic E-state index is -1.38. The van der Waals surface area contributed by atoms with E-state index in [1.165, 1.54) is 73.5 Å². The van der Waals surface area contributed by atoms with Gasteiger partial charge in [-0.15, -0.1) is 0 Å². The second kappa shape index (κ2) is 9.74. The van der Waals surface area contributed by atoms with Gasteiger partial charge in [0, 0.05) is 0 Å². The van der Waals surface area contributed by atoms with Gasteiger partial charge in [-0.1, -0.05) is 116 Å². The third-order valence-corrected chi connectivity index (χ3v) is 12.5.